The van der Waals surface area contributed by atoms with E-state index in [4.69, 9.17) is 0 Å². The number of piperidine rings is 1. The predicted molar refractivity (Wildman–Crippen MR) is 98.9 cm³/mol. The Labute approximate surface area is 151 Å². The molecule has 2 heterocycles. The van der Waals surface area contributed by atoms with Gasteiger partial charge in [0.15, 0.2) is 0 Å². The number of nitrogens with one attached hydrogen (secondary N) is 3. The average Bonchev–Trinajstić information content (AvgIpc) is 3.00. The summed E-state index contributed by atoms with van der Waals surface area (Å²) in [6.45, 7) is 3.12. The molecule has 1 aromatic carbocycles. The van der Waals surface area contributed by atoms with E-state index in [9.17, 15) is 14.4 Å². The van der Waals surface area contributed by atoms with Gasteiger partial charge in [-0.1, -0.05) is 6.07 Å². The zero-order valence-corrected chi connectivity index (χ0v) is 15.3. The number of carbonyl (C=O) groups is 2. The first-order valence-electron chi connectivity index (χ1n) is 8.83. The zero-order valence-electron chi connectivity index (χ0n) is 15.3. The number of nitrogens with zero attached hydrogens (tertiary/aromatic N) is 2. The van der Waals surface area contributed by atoms with Crippen molar-refractivity contribution in [2.75, 3.05) is 27.2 Å². The van der Waals surface area contributed by atoms with Crippen LogP contribution in [0.1, 0.15) is 31.4 Å². The summed E-state index contributed by atoms with van der Waals surface area (Å²) in [5.41, 5.74) is 2.16. The minimum absolute atomic E-state index is 0.00831. The second kappa shape index (κ2) is 7.23. The number of aromatic amines is 2. The van der Waals surface area contributed by atoms with Crippen molar-refractivity contribution in [3.05, 3.63) is 34.2 Å². The Morgan fingerprint density at radius 3 is 2.50 bits per heavy atom. The number of urea groups is 1. The summed E-state index contributed by atoms with van der Waals surface area (Å²) in [7, 11) is 3.47. The largest absolute Gasteiger partial charge is 0.349 e. The van der Waals surface area contributed by atoms with Crippen LogP contribution >= 0.6 is 0 Å². The van der Waals surface area contributed by atoms with Crippen LogP contribution in [0.2, 0.25) is 0 Å². The van der Waals surface area contributed by atoms with Crippen molar-refractivity contribution in [2.24, 2.45) is 5.92 Å². The SMILES string of the molecule is CC(NC(=O)C1CCN(C(=O)N(C)C)CC1)c1ccc2[nH]c(=O)[nH]c2c1. The van der Waals surface area contributed by atoms with Gasteiger partial charge in [0.05, 0.1) is 17.1 Å². The summed E-state index contributed by atoms with van der Waals surface area (Å²) in [5.74, 6) is -0.0726. The molecule has 1 aliphatic heterocycles. The first-order valence-corrected chi connectivity index (χ1v) is 8.83. The fourth-order valence-electron chi connectivity index (χ4n) is 3.35. The maximum Gasteiger partial charge on any atom is 0.323 e. The van der Waals surface area contributed by atoms with E-state index < -0.39 is 0 Å². The molecule has 1 atom stereocenters. The molecular weight excluding hydrogens is 334 g/mol. The molecule has 1 saturated heterocycles. The number of benzene rings is 1. The Morgan fingerprint density at radius 2 is 1.85 bits per heavy atom. The fraction of sp³-hybridized carbons (Fsp3) is 0.500. The lowest BCUT2D eigenvalue weighted by molar-refractivity contribution is -0.126. The Hall–Kier alpha value is -2.77. The van der Waals surface area contributed by atoms with Crippen LogP contribution in [0, 0.1) is 5.92 Å². The Morgan fingerprint density at radius 1 is 1.19 bits per heavy atom. The predicted octanol–water partition coefficient (Wildman–Crippen LogP) is 1.43. The van der Waals surface area contributed by atoms with Gasteiger partial charge in [-0.2, -0.15) is 0 Å². The number of imidazole rings is 1. The number of fused-ring (bicyclic) bond motifs is 1. The smallest absolute Gasteiger partial charge is 0.323 e. The van der Waals surface area contributed by atoms with Gasteiger partial charge in [-0.05, 0) is 37.5 Å². The van der Waals surface area contributed by atoms with E-state index in [-0.39, 0.29) is 29.6 Å². The molecule has 1 fully saturated rings. The Balaban J connectivity index is 1.59. The molecule has 3 amide bonds. The zero-order chi connectivity index (χ0) is 18.8. The first-order chi connectivity index (χ1) is 12.3. The van der Waals surface area contributed by atoms with E-state index in [0.29, 0.717) is 25.9 Å². The van der Waals surface area contributed by atoms with Gasteiger partial charge in [-0.15, -0.1) is 0 Å². The van der Waals surface area contributed by atoms with E-state index in [1.54, 1.807) is 23.9 Å². The number of rotatable bonds is 3. The van der Waals surface area contributed by atoms with Gasteiger partial charge in [0.2, 0.25) is 5.91 Å². The molecule has 8 heteroatoms. The lowest BCUT2D eigenvalue weighted by atomic mass is 9.95. The number of likely N-dealkylation sites (tertiary alicyclic amines) is 1. The molecule has 3 N–H and O–H groups in total. The van der Waals surface area contributed by atoms with Crippen LogP contribution in [0.25, 0.3) is 11.0 Å². The van der Waals surface area contributed by atoms with Crippen LogP contribution in [0.5, 0.6) is 0 Å². The monoisotopic (exact) mass is 359 g/mol. The Kier molecular flexibility index (Phi) is 5.01. The lowest BCUT2D eigenvalue weighted by Crippen LogP contribution is -2.46. The van der Waals surface area contributed by atoms with Crippen molar-refractivity contribution in [3.8, 4) is 0 Å². The van der Waals surface area contributed by atoms with Crippen molar-refractivity contribution >= 4 is 23.0 Å². The van der Waals surface area contributed by atoms with Gasteiger partial charge in [0.25, 0.3) is 0 Å². The lowest BCUT2D eigenvalue weighted by Gasteiger charge is -2.33. The topological polar surface area (TPSA) is 101 Å². The normalized spacial score (nSPS) is 16.5. The van der Waals surface area contributed by atoms with Gasteiger partial charge in [0.1, 0.15) is 0 Å². The summed E-state index contributed by atoms with van der Waals surface area (Å²) >= 11 is 0. The summed E-state index contributed by atoms with van der Waals surface area (Å²) in [4.78, 5) is 44.7. The molecule has 0 bridgehead atoms. The minimum atomic E-state index is -0.243. The fourth-order valence-corrected chi connectivity index (χ4v) is 3.35. The molecule has 0 saturated carbocycles. The quantitative estimate of drug-likeness (QED) is 0.772. The van der Waals surface area contributed by atoms with Crippen molar-refractivity contribution in [2.45, 2.75) is 25.8 Å². The van der Waals surface area contributed by atoms with Crippen LogP contribution in [0.3, 0.4) is 0 Å². The highest BCUT2D eigenvalue weighted by Crippen LogP contribution is 2.21. The van der Waals surface area contributed by atoms with E-state index in [0.717, 1.165) is 16.6 Å². The molecular formula is C18H25N5O3. The molecule has 26 heavy (non-hydrogen) atoms. The average molecular weight is 359 g/mol. The summed E-state index contributed by atoms with van der Waals surface area (Å²) in [5, 5.41) is 3.05. The number of carbonyl (C=O) groups excluding carboxylic acids is 2. The van der Waals surface area contributed by atoms with E-state index in [2.05, 4.69) is 15.3 Å². The van der Waals surface area contributed by atoms with E-state index in [1.165, 1.54) is 0 Å². The third-order valence-corrected chi connectivity index (χ3v) is 4.92. The van der Waals surface area contributed by atoms with Gasteiger partial charge >= 0.3 is 11.7 Å². The van der Waals surface area contributed by atoms with Crippen LogP contribution in [0.4, 0.5) is 4.79 Å². The molecule has 3 rings (SSSR count). The number of hydrogen-bond acceptors (Lipinski definition) is 3. The molecule has 0 spiro atoms. The van der Waals surface area contributed by atoms with Gasteiger partial charge in [0, 0.05) is 33.1 Å². The standard InChI is InChI=1S/C18H25N5O3/c1-11(13-4-5-14-15(10-13)21-17(25)20-14)19-16(24)12-6-8-23(9-7-12)18(26)22(2)3/h4-5,10-12H,6-9H2,1-3H3,(H,19,24)(H2,20,21,25). The van der Waals surface area contributed by atoms with Gasteiger partial charge in [-0.3, -0.25) is 4.79 Å². The van der Waals surface area contributed by atoms with Crippen molar-refractivity contribution in [1.82, 2.24) is 25.1 Å². The van der Waals surface area contributed by atoms with E-state index in [1.807, 2.05) is 25.1 Å². The minimum Gasteiger partial charge on any atom is -0.349 e. The highest BCUT2D eigenvalue weighted by molar-refractivity contribution is 5.80. The van der Waals surface area contributed by atoms with Gasteiger partial charge in [-0.25, -0.2) is 9.59 Å². The summed E-state index contributed by atoms with van der Waals surface area (Å²) in [6.07, 6.45) is 1.34. The first kappa shape index (κ1) is 18.0. The van der Waals surface area contributed by atoms with Gasteiger partial charge < -0.3 is 25.1 Å². The highest BCUT2D eigenvalue weighted by Gasteiger charge is 2.28. The van der Waals surface area contributed by atoms with Crippen molar-refractivity contribution in [1.29, 1.82) is 0 Å². The molecule has 1 aromatic heterocycles. The van der Waals surface area contributed by atoms with Crippen molar-refractivity contribution < 1.29 is 9.59 Å². The number of aromatic nitrogens is 2. The number of hydrogen-bond donors (Lipinski definition) is 3. The molecule has 0 aliphatic carbocycles. The second-order valence-corrected chi connectivity index (χ2v) is 7.05. The Bertz CT molecular complexity index is 861. The van der Waals surface area contributed by atoms with Crippen molar-refractivity contribution in [3.63, 3.8) is 0 Å². The number of amides is 3. The molecule has 0 radical (unpaired) electrons. The molecule has 2 aromatic rings. The summed E-state index contributed by atoms with van der Waals surface area (Å²) in [6, 6.07) is 5.43. The summed E-state index contributed by atoms with van der Waals surface area (Å²) < 4.78 is 0. The van der Waals surface area contributed by atoms with Crippen LogP contribution < -0.4 is 11.0 Å². The molecule has 140 valence electrons. The molecule has 1 aliphatic rings. The maximum atomic E-state index is 12.6. The second-order valence-electron chi connectivity index (χ2n) is 7.05. The van der Waals surface area contributed by atoms with Crippen LogP contribution in [-0.2, 0) is 4.79 Å². The third-order valence-electron chi connectivity index (χ3n) is 4.92. The maximum absolute atomic E-state index is 12.6. The third kappa shape index (κ3) is 3.74. The molecule has 8 nitrogen and oxygen atoms in total. The highest BCUT2D eigenvalue weighted by atomic mass is 16.2. The van der Waals surface area contributed by atoms with Crippen LogP contribution in [0.15, 0.2) is 23.0 Å². The number of H-pyrrole nitrogens is 2. The van der Waals surface area contributed by atoms with E-state index >= 15 is 0 Å². The van der Waals surface area contributed by atoms with Crippen LogP contribution in [-0.4, -0.2) is 58.9 Å². The molecule has 1 unspecified atom stereocenters.